The van der Waals surface area contributed by atoms with Gasteiger partial charge in [-0.15, -0.1) is 0 Å². The monoisotopic (exact) mass is 312 g/mol. The lowest BCUT2D eigenvalue weighted by molar-refractivity contribution is -0.151. The summed E-state index contributed by atoms with van der Waals surface area (Å²) in [7, 11) is 0. The Labute approximate surface area is 137 Å². The van der Waals surface area contributed by atoms with Crippen LogP contribution in [0.25, 0.3) is 0 Å². The molecule has 3 atom stereocenters. The molecule has 1 aliphatic carbocycles. The van der Waals surface area contributed by atoms with E-state index < -0.39 is 12.0 Å². The molecule has 0 bridgehead atoms. The fourth-order valence-electron chi connectivity index (χ4n) is 3.70. The van der Waals surface area contributed by atoms with Crippen LogP contribution < -0.4 is 0 Å². The van der Waals surface area contributed by atoms with Crippen LogP contribution >= 0.6 is 0 Å². The van der Waals surface area contributed by atoms with Crippen LogP contribution in [0.5, 0.6) is 0 Å². The van der Waals surface area contributed by atoms with Crippen LogP contribution in [0.15, 0.2) is 53.8 Å². The van der Waals surface area contributed by atoms with Crippen molar-refractivity contribution in [1.82, 2.24) is 0 Å². The zero-order valence-electron chi connectivity index (χ0n) is 13.6. The number of hydrogen-bond acceptors (Lipinski definition) is 3. The van der Waals surface area contributed by atoms with Gasteiger partial charge in [0, 0.05) is 5.57 Å². The van der Waals surface area contributed by atoms with Crippen LogP contribution in [0.1, 0.15) is 50.5 Å². The first-order chi connectivity index (χ1) is 11.2. The minimum atomic E-state index is -0.751. The standard InChI is InChI=1S/C20H24O3/c1-2-15(14-10-6-5-7-11-14)18-19(21)16-12-8-3-4-9-13-17(16)23-20(18)22/h5-7,9-11,13,15,18-19,21H,2-4,8,12H2,1H3/b13-9-. The average Bonchev–Trinajstić information content (AvgIpc) is 2.54. The smallest absolute Gasteiger partial charge is 0.317 e. The second kappa shape index (κ2) is 7.14. The average molecular weight is 312 g/mol. The summed E-state index contributed by atoms with van der Waals surface area (Å²) < 4.78 is 5.61. The van der Waals surface area contributed by atoms with Gasteiger partial charge in [-0.2, -0.15) is 0 Å². The molecule has 1 aromatic rings. The van der Waals surface area contributed by atoms with Gasteiger partial charge in [-0.25, -0.2) is 0 Å². The van der Waals surface area contributed by atoms with Crippen molar-refractivity contribution in [3.8, 4) is 0 Å². The number of hydrogen-bond donors (Lipinski definition) is 1. The Balaban J connectivity index is 1.95. The number of rotatable bonds is 3. The van der Waals surface area contributed by atoms with E-state index in [0.29, 0.717) is 5.76 Å². The quantitative estimate of drug-likeness (QED) is 0.855. The highest BCUT2D eigenvalue weighted by Gasteiger charge is 2.42. The molecular formula is C20H24O3. The van der Waals surface area contributed by atoms with Gasteiger partial charge in [0.25, 0.3) is 0 Å². The van der Waals surface area contributed by atoms with Gasteiger partial charge in [-0.3, -0.25) is 4.79 Å². The van der Waals surface area contributed by atoms with Crippen LogP contribution in [0.3, 0.4) is 0 Å². The zero-order valence-corrected chi connectivity index (χ0v) is 13.6. The number of carbonyl (C=O) groups excluding carboxylic acids is 1. The molecule has 3 nitrogen and oxygen atoms in total. The van der Waals surface area contributed by atoms with Gasteiger partial charge in [0.05, 0.1) is 12.0 Å². The van der Waals surface area contributed by atoms with Crippen molar-refractivity contribution in [2.75, 3.05) is 0 Å². The van der Waals surface area contributed by atoms with Gasteiger partial charge in [-0.1, -0.05) is 43.3 Å². The second-order valence-corrected chi connectivity index (χ2v) is 6.35. The van der Waals surface area contributed by atoms with E-state index in [0.717, 1.165) is 43.2 Å². The molecular weight excluding hydrogens is 288 g/mol. The van der Waals surface area contributed by atoms with Crippen molar-refractivity contribution in [2.24, 2.45) is 5.92 Å². The summed E-state index contributed by atoms with van der Waals surface area (Å²) >= 11 is 0. The van der Waals surface area contributed by atoms with E-state index in [1.54, 1.807) is 0 Å². The van der Waals surface area contributed by atoms with Gasteiger partial charge in [-0.05, 0) is 49.7 Å². The Kier molecular flexibility index (Phi) is 4.97. The summed E-state index contributed by atoms with van der Waals surface area (Å²) in [5.74, 6) is -0.283. The minimum Gasteiger partial charge on any atom is -0.426 e. The summed E-state index contributed by atoms with van der Waals surface area (Å²) in [5, 5.41) is 10.9. The predicted octanol–water partition coefficient (Wildman–Crippen LogP) is 4.10. The highest BCUT2D eigenvalue weighted by atomic mass is 16.5. The molecule has 0 radical (unpaired) electrons. The first-order valence-corrected chi connectivity index (χ1v) is 8.56. The molecule has 0 spiro atoms. The number of allylic oxidation sites excluding steroid dienone is 2. The van der Waals surface area contributed by atoms with Crippen LogP contribution in [-0.2, 0) is 9.53 Å². The molecule has 0 saturated carbocycles. The fraction of sp³-hybridized carbons (Fsp3) is 0.450. The maximum atomic E-state index is 12.6. The Hall–Kier alpha value is -1.87. The maximum absolute atomic E-state index is 12.6. The molecule has 3 heteroatoms. The Morgan fingerprint density at radius 3 is 2.78 bits per heavy atom. The second-order valence-electron chi connectivity index (χ2n) is 6.35. The summed E-state index contributed by atoms with van der Waals surface area (Å²) in [6.07, 6.45) is 7.85. The molecule has 1 N–H and O–H groups in total. The molecule has 23 heavy (non-hydrogen) atoms. The van der Waals surface area contributed by atoms with Crippen LogP contribution in [-0.4, -0.2) is 17.2 Å². The largest absolute Gasteiger partial charge is 0.426 e. The molecule has 0 aromatic heterocycles. The molecule has 3 unspecified atom stereocenters. The number of benzene rings is 1. The van der Waals surface area contributed by atoms with Crippen LogP contribution in [0.2, 0.25) is 0 Å². The van der Waals surface area contributed by atoms with Crippen molar-refractivity contribution in [2.45, 2.75) is 51.0 Å². The molecule has 122 valence electrons. The van der Waals surface area contributed by atoms with E-state index in [4.69, 9.17) is 4.74 Å². The third-order valence-electron chi connectivity index (χ3n) is 4.93. The van der Waals surface area contributed by atoms with E-state index in [1.807, 2.05) is 42.5 Å². The maximum Gasteiger partial charge on any atom is 0.317 e. The summed E-state index contributed by atoms with van der Waals surface area (Å²) in [6.45, 7) is 2.06. The molecule has 3 rings (SSSR count). The number of aliphatic hydroxyl groups is 1. The van der Waals surface area contributed by atoms with Crippen LogP contribution in [0, 0.1) is 5.92 Å². The Bertz CT molecular complexity index is 615. The molecule has 1 aromatic carbocycles. The third kappa shape index (κ3) is 3.25. The summed E-state index contributed by atoms with van der Waals surface area (Å²) in [4.78, 5) is 12.6. The lowest BCUT2D eigenvalue weighted by Crippen LogP contribution is -2.40. The van der Waals surface area contributed by atoms with Crippen molar-refractivity contribution >= 4 is 5.97 Å². The van der Waals surface area contributed by atoms with Crippen molar-refractivity contribution in [3.63, 3.8) is 0 Å². The molecule has 1 aliphatic heterocycles. The highest BCUT2D eigenvalue weighted by Crippen LogP contribution is 2.40. The van der Waals surface area contributed by atoms with Gasteiger partial charge in [0.15, 0.2) is 0 Å². The first kappa shape index (κ1) is 16.0. The van der Waals surface area contributed by atoms with Crippen molar-refractivity contribution in [3.05, 3.63) is 59.4 Å². The lowest BCUT2D eigenvalue weighted by Gasteiger charge is -2.35. The topological polar surface area (TPSA) is 46.5 Å². The van der Waals surface area contributed by atoms with E-state index in [9.17, 15) is 9.90 Å². The molecule has 0 fully saturated rings. The van der Waals surface area contributed by atoms with E-state index in [2.05, 4.69) is 6.92 Å². The third-order valence-corrected chi connectivity index (χ3v) is 4.93. The molecule has 2 aliphatic rings. The number of ether oxygens (including phenoxy) is 1. The Morgan fingerprint density at radius 2 is 2.04 bits per heavy atom. The fourth-order valence-corrected chi connectivity index (χ4v) is 3.70. The predicted molar refractivity (Wildman–Crippen MR) is 89.7 cm³/mol. The van der Waals surface area contributed by atoms with Gasteiger partial charge < -0.3 is 9.84 Å². The SMILES string of the molecule is CCC(c1ccccc1)C1C(=O)OC2=C(CCCC/C=C\2)C1O. The highest BCUT2D eigenvalue weighted by molar-refractivity contribution is 5.78. The number of carbonyl (C=O) groups is 1. The van der Waals surface area contributed by atoms with Gasteiger partial charge >= 0.3 is 5.97 Å². The van der Waals surface area contributed by atoms with Gasteiger partial charge in [0.2, 0.25) is 0 Å². The minimum absolute atomic E-state index is 0.0258. The van der Waals surface area contributed by atoms with Crippen LogP contribution in [0.4, 0.5) is 0 Å². The first-order valence-electron chi connectivity index (χ1n) is 8.56. The van der Waals surface area contributed by atoms with E-state index >= 15 is 0 Å². The number of aliphatic hydroxyl groups excluding tert-OH is 1. The van der Waals surface area contributed by atoms with E-state index in [1.165, 1.54) is 0 Å². The normalized spacial score (nSPS) is 27.5. The lowest BCUT2D eigenvalue weighted by atomic mass is 9.76. The van der Waals surface area contributed by atoms with E-state index in [-0.39, 0.29) is 11.9 Å². The summed E-state index contributed by atoms with van der Waals surface area (Å²) in [6, 6.07) is 9.96. The van der Waals surface area contributed by atoms with Gasteiger partial charge in [0.1, 0.15) is 5.76 Å². The molecule has 1 heterocycles. The Morgan fingerprint density at radius 1 is 1.26 bits per heavy atom. The number of esters is 1. The summed E-state index contributed by atoms with van der Waals surface area (Å²) in [5.41, 5.74) is 1.97. The zero-order chi connectivity index (χ0) is 16.2. The molecule has 0 saturated heterocycles. The molecule has 0 amide bonds. The van der Waals surface area contributed by atoms with Crippen molar-refractivity contribution < 1.29 is 14.6 Å². The van der Waals surface area contributed by atoms with Crippen molar-refractivity contribution in [1.29, 1.82) is 0 Å².